The van der Waals surface area contributed by atoms with Gasteiger partial charge in [-0.15, -0.1) is 11.3 Å². The van der Waals surface area contributed by atoms with Crippen LogP contribution in [-0.4, -0.2) is 17.7 Å². The molecule has 0 amide bonds. The van der Waals surface area contributed by atoms with Gasteiger partial charge < -0.3 is 10.4 Å². The van der Waals surface area contributed by atoms with Crippen LogP contribution in [0.3, 0.4) is 0 Å². The number of aliphatic hydroxyl groups is 1. The largest absolute Gasteiger partial charge is 0.386 e. The zero-order valence-electron chi connectivity index (χ0n) is 8.67. The van der Waals surface area contributed by atoms with E-state index in [1.807, 2.05) is 26.2 Å². The van der Waals surface area contributed by atoms with Gasteiger partial charge in [-0.3, -0.25) is 0 Å². The summed E-state index contributed by atoms with van der Waals surface area (Å²) in [6.07, 6.45) is -0.497. The third kappa shape index (κ3) is 2.95. The van der Waals surface area contributed by atoms with Gasteiger partial charge in [0.2, 0.25) is 0 Å². The van der Waals surface area contributed by atoms with E-state index in [9.17, 15) is 5.11 Å². The van der Waals surface area contributed by atoms with Crippen molar-refractivity contribution in [1.82, 2.24) is 5.32 Å². The molecule has 1 aromatic rings. The first-order valence-corrected chi connectivity index (χ1v) is 5.93. The Balaban J connectivity index is 2.60. The second-order valence-corrected chi connectivity index (χ2v) is 4.96. The Bertz CT molecular complexity index is 298. The molecule has 2 N–H and O–H groups in total. The van der Waals surface area contributed by atoms with Crippen LogP contribution in [0, 0.1) is 6.92 Å². The van der Waals surface area contributed by atoms with Crippen molar-refractivity contribution in [1.29, 1.82) is 0 Å². The Hall–Kier alpha value is -0.0900. The molecule has 0 bridgehead atoms. The van der Waals surface area contributed by atoms with E-state index in [4.69, 9.17) is 11.6 Å². The summed E-state index contributed by atoms with van der Waals surface area (Å²) in [5.74, 6) is 0. The lowest BCUT2D eigenvalue weighted by Gasteiger charge is -2.13. The number of rotatable bonds is 4. The SMILES string of the molecule is Cc1csc(C(O)CNC(C)C)c1Cl. The number of nitrogens with one attached hydrogen (secondary N) is 1. The van der Waals surface area contributed by atoms with Crippen LogP contribution in [0.15, 0.2) is 5.38 Å². The molecule has 4 heteroatoms. The Morgan fingerprint density at radius 2 is 2.21 bits per heavy atom. The highest BCUT2D eigenvalue weighted by molar-refractivity contribution is 7.10. The standard InChI is InChI=1S/C10H16ClNOS/c1-6(2)12-4-8(13)10-9(11)7(3)5-14-10/h5-6,8,12-13H,4H2,1-3H3. The van der Waals surface area contributed by atoms with Crippen LogP contribution in [0.2, 0.25) is 5.02 Å². The van der Waals surface area contributed by atoms with E-state index in [0.29, 0.717) is 17.6 Å². The zero-order valence-corrected chi connectivity index (χ0v) is 10.2. The van der Waals surface area contributed by atoms with E-state index in [1.54, 1.807) is 0 Å². The molecule has 14 heavy (non-hydrogen) atoms. The van der Waals surface area contributed by atoms with Gasteiger partial charge in [0.25, 0.3) is 0 Å². The van der Waals surface area contributed by atoms with Gasteiger partial charge in [-0.1, -0.05) is 25.4 Å². The maximum Gasteiger partial charge on any atom is 0.102 e. The van der Waals surface area contributed by atoms with E-state index >= 15 is 0 Å². The molecule has 0 aliphatic rings. The summed E-state index contributed by atoms with van der Waals surface area (Å²) in [4.78, 5) is 0.859. The minimum absolute atomic E-state index is 0.379. The third-order valence-corrected chi connectivity index (χ3v) is 3.76. The van der Waals surface area contributed by atoms with Gasteiger partial charge in [0.05, 0.1) is 9.90 Å². The normalized spacial score (nSPS) is 13.6. The molecule has 1 rings (SSSR count). The molecule has 0 aromatic carbocycles. The van der Waals surface area contributed by atoms with E-state index in [2.05, 4.69) is 5.32 Å². The molecule has 1 heterocycles. The second kappa shape index (κ2) is 5.12. The second-order valence-electron chi connectivity index (χ2n) is 3.68. The van der Waals surface area contributed by atoms with Crippen LogP contribution in [-0.2, 0) is 0 Å². The molecule has 0 saturated carbocycles. The highest BCUT2D eigenvalue weighted by Crippen LogP contribution is 2.31. The molecular formula is C10H16ClNOS. The summed E-state index contributed by atoms with van der Waals surface area (Å²) < 4.78 is 0. The first kappa shape index (κ1) is 12.0. The van der Waals surface area contributed by atoms with Gasteiger partial charge in [-0.25, -0.2) is 0 Å². The lowest BCUT2D eigenvalue weighted by Crippen LogP contribution is -2.27. The molecule has 0 aliphatic heterocycles. The van der Waals surface area contributed by atoms with Crippen molar-refractivity contribution < 1.29 is 5.11 Å². The Morgan fingerprint density at radius 1 is 1.57 bits per heavy atom. The summed E-state index contributed by atoms with van der Waals surface area (Å²) in [5, 5.41) is 15.7. The minimum Gasteiger partial charge on any atom is -0.386 e. The topological polar surface area (TPSA) is 32.3 Å². The number of aliphatic hydroxyl groups excluding tert-OH is 1. The highest BCUT2D eigenvalue weighted by atomic mass is 35.5. The molecule has 1 atom stereocenters. The van der Waals surface area contributed by atoms with Crippen molar-refractivity contribution in [3.8, 4) is 0 Å². The fraction of sp³-hybridized carbons (Fsp3) is 0.600. The quantitative estimate of drug-likeness (QED) is 0.838. The molecule has 0 radical (unpaired) electrons. The van der Waals surface area contributed by atoms with Crippen molar-refractivity contribution in [3.63, 3.8) is 0 Å². The van der Waals surface area contributed by atoms with Crippen molar-refractivity contribution >= 4 is 22.9 Å². The maximum absolute atomic E-state index is 9.83. The van der Waals surface area contributed by atoms with E-state index in [-0.39, 0.29) is 0 Å². The molecule has 0 fully saturated rings. The average Bonchev–Trinajstić information content (AvgIpc) is 2.44. The van der Waals surface area contributed by atoms with Crippen LogP contribution < -0.4 is 5.32 Å². The maximum atomic E-state index is 9.83. The minimum atomic E-state index is -0.497. The van der Waals surface area contributed by atoms with Gasteiger partial charge in [-0.2, -0.15) is 0 Å². The number of thiophene rings is 1. The molecule has 1 aromatic heterocycles. The predicted octanol–water partition coefficient (Wildman–Crippen LogP) is 2.74. The monoisotopic (exact) mass is 233 g/mol. The summed E-state index contributed by atoms with van der Waals surface area (Å²) in [6, 6.07) is 0.379. The fourth-order valence-electron chi connectivity index (χ4n) is 1.11. The first-order chi connectivity index (χ1) is 6.52. The Labute approximate surface area is 93.9 Å². The zero-order chi connectivity index (χ0) is 10.7. The van der Waals surface area contributed by atoms with Crippen molar-refractivity contribution in [2.45, 2.75) is 32.9 Å². The lowest BCUT2D eigenvalue weighted by atomic mass is 10.2. The van der Waals surface area contributed by atoms with E-state index in [0.717, 1.165) is 10.4 Å². The number of hydrogen-bond donors (Lipinski definition) is 2. The number of aryl methyl sites for hydroxylation is 1. The van der Waals surface area contributed by atoms with E-state index < -0.39 is 6.10 Å². The van der Waals surface area contributed by atoms with Crippen molar-refractivity contribution in [2.75, 3.05) is 6.54 Å². The van der Waals surface area contributed by atoms with Crippen molar-refractivity contribution in [2.24, 2.45) is 0 Å². The molecule has 2 nitrogen and oxygen atoms in total. The van der Waals surface area contributed by atoms with Gasteiger partial charge in [-0.05, 0) is 17.9 Å². The van der Waals surface area contributed by atoms with Crippen LogP contribution in [0.1, 0.15) is 30.4 Å². The van der Waals surface area contributed by atoms with Crippen LogP contribution in [0.5, 0.6) is 0 Å². The van der Waals surface area contributed by atoms with Crippen LogP contribution in [0.4, 0.5) is 0 Å². The summed E-state index contributed by atoms with van der Waals surface area (Å²) in [7, 11) is 0. The Kier molecular flexibility index (Phi) is 4.38. The van der Waals surface area contributed by atoms with Crippen molar-refractivity contribution in [3.05, 3.63) is 20.8 Å². The molecule has 0 spiro atoms. The number of hydrogen-bond acceptors (Lipinski definition) is 3. The van der Waals surface area contributed by atoms with Gasteiger partial charge in [0.15, 0.2) is 0 Å². The molecular weight excluding hydrogens is 218 g/mol. The van der Waals surface area contributed by atoms with Gasteiger partial charge in [0.1, 0.15) is 6.10 Å². The highest BCUT2D eigenvalue weighted by Gasteiger charge is 2.15. The smallest absolute Gasteiger partial charge is 0.102 e. The lowest BCUT2D eigenvalue weighted by molar-refractivity contribution is 0.175. The molecule has 80 valence electrons. The molecule has 0 aliphatic carbocycles. The number of halogens is 1. The average molecular weight is 234 g/mol. The molecule has 0 saturated heterocycles. The predicted molar refractivity (Wildman–Crippen MR) is 62.2 cm³/mol. The van der Waals surface area contributed by atoms with E-state index in [1.165, 1.54) is 11.3 Å². The van der Waals surface area contributed by atoms with Gasteiger partial charge in [0, 0.05) is 12.6 Å². The third-order valence-electron chi connectivity index (χ3n) is 1.95. The van der Waals surface area contributed by atoms with Crippen LogP contribution >= 0.6 is 22.9 Å². The molecule has 1 unspecified atom stereocenters. The van der Waals surface area contributed by atoms with Gasteiger partial charge >= 0.3 is 0 Å². The summed E-state index contributed by atoms with van der Waals surface area (Å²) in [6.45, 7) is 6.60. The van der Waals surface area contributed by atoms with Crippen LogP contribution in [0.25, 0.3) is 0 Å². The Morgan fingerprint density at radius 3 is 2.64 bits per heavy atom. The first-order valence-electron chi connectivity index (χ1n) is 4.67. The fourth-order valence-corrected chi connectivity index (χ4v) is 2.42. The summed E-state index contributed by atoms with van der Waals surface area (Å²) >= 11 is 7.56. The summed E-state index contributed by atoms with van der Waals surface area (Å²) in [5.41, 5.74) is 1.04.